The van der Waals surface area contributed by atoms with Gasteiger partial charge >= 0.3 is 5.97 Å². The molecule has 5 nitrogen and oxygen atoms in total. The van der Waals surface area contributed by atoms with Gasteiger partial charge in [0.15, 0.2) is 6.61 Å². The lowest BCUT2D eigenvalue weighted by atomic mass is 10.1. The Balaban J connectivity index is 1.42. The van der Waals surface area contributed by atoms with Crippen molar-refractivity contribution in [3.05, 3.63) is 70.4 Å². The van der Waals surface area contributed by atoms with Crippen molar-refractivity contribution in [1.82, 2.24) is 0 Å². The highest BCUT2D eigenvalue weighted by atomic mass is 32.1. The number of thiophene rings is 1. The van der Waals surface area contributed by atoms with E-state index >= 15 is 0 Å². The number of halogens is 1. The van der Waals surface area contributed by atoms with Crippen LogP contribution in [0.15, 0.2) is 48.5 Å². The van der Waals surface area contributed by atoms with Crippen molar-refractivity contribution < 1.29 is 23.5 Å². The topological polar surface area (TPSA) is 64.6 Å². The molecule has 2 heterocycles. The first-order valence-electron chi connectivity index (χ1n) is 8.59. The molecule has 142 valence electrons. The molecule has 0 radical (unpaired) electrons. The smallest absolute Gasteiger partial charge is 0.348 e. The number of benzene rings is 2. The molecule has 0 spiro atoms. The number of hydrogen-bond acceptors (Lipinski definition) is 5. The first-order valence-corrected chi connectivity index (χ1v) is 9.41. The number of aryl methyl sites for hydroxylation is 1. The summed E-state index contributed by atoms with van der Waals surface area (Å²) in [5.74, 6) is -0.786. The Morgan fingerprint density at radius 3 is 2.89 bits per heavy atom. The lowest BCUT2D eigenvalue weighted by Crippen LogP contribution is -2.21. The third kappa shape index (κ3) is 3.61. The van der Waals surface area contributed by atoms with E-state index in [4.69, 9.17) is 9.47 Å². The van der Waals surface area contributed by atoms with E-state index in [1.165, 1.54) is 23.5 Å². The molecule has 7 heteroatoms. The quantitative estimate of drug-likeness (QED) is 0.656. The second-order valence-corrected chi connectivity index (χ2v) is 7.39. The van der Waals surface area contributed by atoms with Gasteiger partial charge in [-0.3, -0.25) is 4.79 Å². The Labute approximate surface area is 164 Å². The van der Waals surface area contributed by atoms with E-state index in [1.807, 2.05) is 24.3 Å². The summed E-state index contributed by atoms with van der Waals surface area (Å²) in [6, 6.07) is 13.5. The Hall–Kier alpha value is -3.19. The molecule has 0 saturated heterocycles. The van der Waals surface area contributed by atoms with Crippen LogP contribution in [0.2, 0.25) is 0 Å². The lowest BCUT2D eigenvalue weighted by molar-refractivity contribution is -0.119. The molecule has 0 fully saturated rings. The number of para-hydroxylation sites is 1. The van der Waals surface area contributed by atoms with Crippen LogP contribution in [0.4, 0.5) is 10.1 Å². The molecular formula is C21H16FNO4S. The van der Waals surface area contributed by atoms with E-state index < -0.39 is 24.3 Å². The summed E-state index contributed by atoms with van der Waals surface area (Å²) in [5.41, 5.74) is 2.91. The second-order valence-electron chi connectivity index (χ2n) is 6.33. The molecule has 28 heavy (non-hydrogen) atoms. The van der Waals surface area contributed by atoms with Crippen molar-refractivity contribution in [2.24, 2.45) is 0 Å². The van der Waals surface area contributed by atoms with Gasteiger partial charge in [0, 0.05) is 21.7 Å². The number of carbonyl (C=O) groups is 2. The van der Waals surface area contributed by atoms with Crippen LogP contribution in [-0.4, -0.2) is 18.5 Å². The van der Waals surface area contributed by atoms with Gasteiger partial charge in [0.1, 0.15) is 23.1 Å². The van der Waals surface area contributed by atoms with Gasteiger partial charge in [0.25, 0.3) is 5.91 Å². The maximum Gasteiger partial charge on any atom is 0.348 e. The Kier molecular flexibility index (Phi) is 4.83. The Bertz CT molecular complexity index is 1080. The summed E-state index contributed by atoms with van der Waals surface area (Å²) in [5, 5.41) is 2.55. The van der Waals surface area contributed by atoms with Gasteiger partial charge in [0.05, 0.1) is 0 Å². The highest BCUT2D eigenvalue weighted by Crippen LogP contribution is 2.42. The molecular weight excluding hydrogens is 381 g/mol. The van der Waals surface area contributed by atoms with Crippen molar-refractivity contribution in [3.63, 3.8) is 0 Å². The van der Waals surface area contributed by atoms with E-state index in [-0.39, 0.29) is 0 Å². The fraction of sp³-hybridized carbons (Fsp3) is 0.143. The molecule has 4 rings (SSSR count). The molecule has 0 atom stereocenters. The van der Waals surface area contributed by atoms with Crippen LogP contribution in [0.25, 0.3) is 10.4 Å². The number of rotatable bonds is 4. The number of hydrogen-bond donors (Lipinski definition) is 1. The predicted molar refractivity (Wildman–Crippen MR) is 104 cm³/mol. The third-order valence-electron chi connectivity index (χ3n) is 4.33. The second kappa shape index (κ2) is 7.44. The molecule has 3 aromatic rings. The van der Waals surface area contributed by atoms with Gasteiger partial charge in [-0.15, -0.1) is 11.3 Å². The van der Waals surface area contributed by atoms with Crippen molar-refractivity contribution in [2.45, 2.75) is 13.5 Å². The zero-order valence-electron chi connectivity index (χ0n) is 15.0. The third-order valence-corrected chi connectivity index (χ3v) is 5.52. The van der Waals surface area contributed by atoms with E-state index in [0.29, 0.717) is 22.7 Å². The van der Waals surface area contributed by atoms with E-state index in [9.17, 15) is 14.0 Å². The molecule has 0 bridgehead atoms. The average Bonchev–Trinajstić information content (AvgIpc) is 3.14. The fourth-order valence-corrected chi connectivity index (χ4v) is 4.01. The maximum absolute atomic E-state index is 13.3. The minimum absolute atomic E-state index is 0.349. The molecule has 1 aliphatic rings. The molecule has 1 aromatic heterocycles. The van der Waals surface area contributed by atoms with Crippen LogP contribution in [0.3, 0.4) is 0 Å². The zero-order valence-corrected chi connectivity index (χ0v) is 15.8. The number of esters is 1. The molecule has 0 unspecified atom stereocenters. The van der Waals surface area contributed by atoms with Crippen molar-refractivity contribution in [2.75, 3.05) is 11.9 Å². The van der Waals surface area contributed by atoms with Crippen LogP contribution < -0.4 is 10.1 Å². The monoisotopic (exact) mass is 397 g/mol. The van der Waals surface area contributed by atoms with Crippen molar-refractivity contribution in [3.8, 4) is 16.2 Å². The van der Waals surface area contributed by atoms with Crippen molar-refractivity contribution in [1.29, 1.82) is 0 Å². The Morgan fingerprint density at radius 2 is 2.04 bits per heavy atom. The van der Waals surface area contributed by atoms with Gasteiger partial charge in [-0.05, 0) is 42.8 Å². The molecule has 0 aliphatic carbocycles. The highest BCUT2D eigenvalue weighted by Gasteiger charge is 2.23. The van der Waals surface area contributed by atoms with E-state index in [2.05, 4.69) is 5.32 Å². The Morgan fingerprint density at radius 1 is 1.21 bits per heavy atom. The van der Waals surface area contributed by atoms with Crippen LogP contribution >= 0.6 is 11.3 Å². The van der Waals surface area contributed by atoms with Crippen LogP contribution in [0.5, 0.6) is 5.75 Å². The van der Waals surface area contributed by atoms with E-state index in [0.717, 1.165) is 21.8 Å². The average molecular weight is 397 g/mol. The summed E-state index contributed by atoms with van der Waals surface area (Å²) in [4.78, 5) is 25.8. The summed E-state index contributed by atoms with van der Waals surface area (Å²) in [7, 11) is 0. The van der Waals surface area contributed by atoms with Crippen LogP contribution in [-0.2, 0) is 16.1 Å². The zero-order chi connectivity index (χ0) is 19.7. The van der Waals surface area contributed by atoms with Crippen LogP contribution in [0.1, 0.15) is 20.8 Å². The van der Waals surface area contributed by atoms with Gasteiger partial charge in [0.2, 0.25) is 0 Å². The molecule has 1 aliphatic heterocycles. The predicted octanol–water partition coefficient (Wildman–Crippen LogP) is 4.55. The van der Waals surface area contributed by atoms with Gasteiger partial charge in [-0.2, -0.15) is 0 Å². The number of anilines is 1. The highest BCUT2D eigenvalue weighted by molar-refractivity contribution is 7.17. The number of fused-ring (bicyclic) bond motifs is 3. The molecule has 0 saturated carbocycles. The van der Waals surface area contributed by atoms with Gasteiger partial charge in [-0.25, -0.2) is 9.18 Å². The van der Waals surface area contributed by atoms with Crippen LogP contribution in [0, 0.1) is 12.7 Å². The van der Waals surface area contributed by atoms with Crippen molar-refractivity contribution >= 4 is 28.9 Å². The SMILES string of the molecule is Cc1ccc(F)cc1NC(=O)COC(=O)c1cc2c(s1)-c1ccccc1OC2. The number of ether oxygens (including phenoxy) is 2. The standard InChI is InChI=1S/C21H16FNO4S/c1-12-6-7-14(22)9-16(12)23-19(24)11-27-21(25)18-8-13-10-26-17-5-3-2-4-15(17)20(13)28-18/h2-9H,10-11H2,1H3,(H,23,24). The minimum atomic E-state index is -0.581. The lowest BCUT2D eigenvalue weighted by Gasteiger charge is -2.16. The normalized spacial score (nSPS) is 11.8. The summed E-state index contributed by atoms with van der Waals surface area (Å²) in [6.07, 6.45) is 0. The molecule has 1 amide bonds. The number of nitrogens with one attached hydrogen (secondary N) is 1. The summed E-state index contributed by atoms with van der Waals surface area (Å²) < 4.78 is 24.1. The first kappa shape index (κ1) is 18.2. The van der Waals surface area contributed by atoms with E-state index in [1.54, 1.807) is 19.1 Å². The summed E-state index contributed by atoms with van der Waals surface area (Å²) >= 11 is 1.31. The molecule has 1 N–H and O–H groups in total. The van der Waals surface area contributed by atoms with Gasteiger partial charge in [-0.1, -0.05) is 18.2 Å². The first-order chi connectivity index (χ1) is 13.5. The maximum atomic E-state index is 13.3. The number of carbonyl (C=O) groups excluding carboxylic acids is 2. The molecule has 2 aromatic carbocycles. The van der Waals surface area contributed by atoms with Gasteiger partial charge < -0.3 is 14.8 Å². The summed E-state index contributed by atoms with van der Waals surface area (Å²) in [6.45, 7) is 1.68. The largest absolute Gasteiger partial charge is 0.488 e. The minimum Gasteiger partial charge on any atom is -0.488 e. The number of amides is 1. The fourth-order valence-electron chi connectivity index (χ4n) is 2.92.